The van der Waals surface area contributed by atoms with Gasteiger partial charge in [-0.2, -0.15) is 0 Å². The number of sulfone groups is 1. The van der Waals surface area contributed by atoms with Crippen LogP contribution in [0.5, 0.6) is 5.75 Å². The maximum absolute atomic E-state index is 11.9. The molecule has 1 aliphatic rings. The molecule has 0 radical (unpaired) electrons. The molecule has 0 saturated carbocycles. The predicted octanol–water partition coefficient (Wildman–Crippen LogP) is 2.95. The van der Waals surface area contributed by atoms with E-state index in [-0.39, 0.29) is 4.90 Å². The highest BCUT2D eigenvalue weighted by molar-refractivity contribution is 7.90. The van der Waals surface area contributed by atoms with Crippen LogP contribution in [0.15, 0.2) is 47.4 Å². The van der Waals surface area contributed by atoms with Crippen molar-refractivity contribution in [2.75, 3.05) is 43.2 Å². The van der Waals surface area contributed by atoms with Gasteiger partial charge < -0.3 is 15.0 Å². The molecule has 2 aromatic carbocycles. The monoisotopic (exact) mass is 405 g/mol. The fourth-order valence-corrected chi connectivity index (χ4v) is 4.24. The highest BCUT2D eigenvalue weighted by Crippen LogP contribution is 2.29. The average molecular weight is 405 g/mol. The molecular formula is C19H23N3O5S. The van der Waals surface area contributed by atoms with Crippen LogP contribution in [0.4, 0.5) is 17.1 Å². The van der Waals surface area contributed by atoms with Crippen molar-refractivity contribution in [2.24, 2.45) is 5.92 Å². The molecule has 8 nitrogen and oxygen atoms in total. The first-order valence-electron chi connectivity index (χ1n) is 8.89. The van der Waals surface area contributed by atoms with Gasteiger partial charge in [-0.15, -0.1) is 0 Å². The summed E-state index contributed by atoms with van der Waals surface area (Å²) in [6, 6.07) is 12.0. The second-order valence-corrected chi connectivity index (χ2v) is 8.88. The van der Waals surface area contributed by atoms with Crippen LogP contribution in [0.3, 0.4) is 0 Å². The standard InChI is InChI=1S/C19H23N3O5S/c1-27-17-5-3-4-16(11-17)21-9-8-14(13-21)12-20-15-6-7-18(22(23)24)19(10-15)28(2,25)26/h3-7,10-11,14,20H,8-9,12-13H2,1-2H3. The highest BCUT2D eigenvalue weighted by Gasteiger charge is 2.25. The van der Waals surface area contributed by atoms with Gasteiger partial charge in [0.15, 0.2) is 9.84 Å². The number of nitrogens with zero attached hydrogens (tertiary/aromatic N) is 2. The molecule has 2 aromatic rings. The molecule has 28 heavy (non-hydrogen) atoms. The van der Waals surface area contributed by atoms with Crippen LogP contribution in [0.25, 0.3) is 0 Å². The summed E-state index contributed by atoms with van der Waals surface area (Å²) in [5.74, 6) is 1.20. The van der Waals surface area contributed by atoms with Crippen LogP contribution in [0.1, 0.15) is 6.42 Å². The minimum atomic E-state index is -3.69. The van der Waals surface area contributed by atoms with Crippen LogP contribution >= 0.6 is 0 Å². The largest absolute Gasteiger partial charge is 0.497 e. The van der Waals surface area contributed by atoms with Crippen molar-refractivity contribution in [3.63, 3.8) is 0 Å². The zero-order valence-corrected chi connectivity index (χ0v) is 16.6. The minimum absolute atomic E-state index is 0.271. The number of hydrogen-bond acceptors (Lipinski definition) is 7. The first kappa shape index (κ1) is 19.9. The average Bonchev–Trinajstić information content (AvgIpc) is 3.14. The Bertz CT molecular complexity index is 977. The van der Waals surface area contributed by atoms with Gasteiger partial charge in [0.1, 0.15) is 10.6 Å². The van der Waals surface area contributed by atoms with Gasteiger partial charge in [0, 0.05) is 49.4 Å². The Kier molecular flexibility index (Phi) is 5.73. The zero-order chi connectivity index (χ0) is 20.3. The van der Waals surface area contributed by atoms with E-state index in [0.717, 1.165) is 37.2 Å². The molecule has 1 unspecified atom stereocenters. The molecule has 1 aliphatic heterocycles. The molecule has 3 rings (SSSR count). The third-order valence-corrected chi connectivity index (χ3v) is 5.98. The van der Waals surface area contributed by atoms with Gasteiger partial charge in [-0.25, -0.2) is 8.42 Å². The Balaban J connectivity index is 1.66. The van der Waals surface area contributed by atoms with E-state index in [2.05, 4.69) is 10.2 Å². The Morgan fingerprint density at radius 1 is 1.29 bits per heavy atom. The number of hydrogen-bond donors (Lipinski definition) is 1. The molecule has 1 saturated heterocycles. The molecule has 0 bridgehead atoms. The second-order valence-electron chi connectivity index (χ2n) is 6.89. The molecule has 1 fully saturated rings. The Morgan fingerprint density at radius 2 is 2.07 bits per heavy atom. The number of anilines is 2. The fraction of sp³-hybridized carbons (Fsp3) is 0.368. The number of nitro benzene ring substituents is 1. The summed E-state index contributed by atoms with van der Waals surface area (Å²) < 4.78 is 29.0. The van der Waals surface area contributed by atoms with Crippen molar-refractivity contribution in [1.29, 1.82) is 0 Å². The third-order valence-electron chi connectivity index (χ3n) is 4.86. The van der Waals surface area contributed by atoms with Crippen LogP contribution < -0.4 is 15.0 Å². The number of nitro groups is 1. The van der Waals surface area contributed by atoms with E-state index in [1.165, 1.54) is 12.1 Å². The summed E-state index contributed by atoms with van der Waals surface area (Å²) in [7, 11) is -2.05. The topological polar surface area (TPSA) is 102 Å². The number of nitrogens with one attached hydrogen (secondary N) is 1. The summed E-state index contributed by atoms with van der Waals surface area (Å²) in [5, 5.41) is 14.3. The third kappa shape index (κ3) is 4.53. The summed E-state index contributed by atoms with van der Waals surface area (Å²) in [6.45, 7) is 2.45. The van der Waals surface area contributed by atoms with Crippen molar-refractivity contribution < 1.29 is 18.1 Å². The van der Waals surface area contributed by atoms with Gasteiger partial charge in [0.25, 0.3) is 5.69 Å². The van der Waals surface area contributed by atoms with Crippen LogP contribution in [0, 0.1) is 16.0 Å². The first-order valence-corrected chi connectivity index (χ1v) is 10.8. The lowest BCUT2D eigenvalue weighted by Gasteiger charge is -2.19. The summed E-state index contributed by atoms with van der Waals surface area (Å²) >= 11 is 0. The number of methoxy groups -OCH3 is 1. The fourth-order valence-electron chi connectivity index (χ4n) is 3.38. The maximum atomic E-state index is 11.9. The molecule has 0 aromatic heterocycles. The van der Waals surface area contributed by atoms with Crippen molar-refractivity contribution >= 4 is 26.9 Å². The lowest BCUT2D eigenvalue weighted by atomic mass is 10.1. The smallest absolute Gasteiger partial charge is 0.288 e. The summed E-state index contributed by atoms with van der Waals surface area (Å²) in [4.78, 5) is 12.4. The van der Waals surface area contributed by atoms with E-state index in [9.17, 15) is 18.5 Å². The van der Waals surface area contributed by atoms with Gasteiger partial charge in [-0.1, -0.05) is 6.07 Å². The first-order chi connectivity index (χ1) is 13.3. The van der Waals surface area contributed by atoms with E-state index in [0.29, 0.717) is 18.2 Å². The second kappa shape index (κ2) is 8.05. The van der Waals surface area contributed by atoms with E-state index >= 15 is 0 Å². The minimum Gasteiger partial charge on any atom is -0.497 e. The molecule has 1 atom stereocenters. The highest BCUT2D eigenvalue weighted by atomic mass is 32.2. The molecule has 0 spiro atoms. The molecule has 1 N–H and O–H groups in total. The Hall–Kier alpha value is -2.81. The zero-order valence-electron chi connectivity index (χ0n) is 15.8. The van der Waals surface area contributed by atoms with Crippen LogP contribution in [-0.4, -0.2) is 46.3 Å². The summed E-state index contributed by atoms with van der Waals surface area (Å²) in [6.07, 6.45) is 1.97. The van der Waals surface area contributed by atoms with E-state index < -0.39 is 20.4 Å². The van der Waals surface area contributed by atoms with Gasteiger partial charge in [-0.05, 0) is 36.6 Å². The van der Waals surface area contributed by atoms with E-state index in [1.54, 1.807) is 13.2 Å². The van der Waals surface area contributed by atoms with Gasteiger partial charge in [0.05, 0.1) is 12.0 Å². The Morgan fingerprint density at radius 3 is 2.75 bits per heavy atom. The number of rotatable bonds is 7. The normalized spacial score (nSPS) is 16.8. The molecule has 9 heteroatoms. The summed E-state index contributed by atoms with van der Waals surface area (Å²) in [5.41, 5.74) is 1.26. The van der Waals surface area contributed by atoms with Gasteiger partial charge >= 0.3 is 0 Å². The van der Waals surface area contributed by atoms with Crippen molar-refractivity contribution in [3.8, 4) is 5.75 Å². The molecule has 0 aliphatic carbocycles. The number of ether oxygens (including phenoxy) is 1. The van der Waals surface area contributed by atoms with Crippen LogP contribution in [0.2, 0.25) is 0 Å². The van der Waals surface area contributed by atoms with Crippen molar-refractivity contribution in [1.82, 2.24) is 0 Å². The van der Waals surface area contributed by atoms with Crippen molar-refractivity contribution in [3.05, 3.63) is 52.6 Å². The van der Waals surface area contributed by atoms with E-state index in [1.807, 2.05) is 24.3 Å². The molecule has 150 valence electrons. The number of benzene rings is 2. The maximum Gasteiger partial charge on any atom is 0.288 e. The molecule has 0 amide bonds. The van der Waals surface area contributed by atoms with Crippen LogP contribution in [-0.2, 0) is 9.84 Å². The molecule has 1 heterocycles. The SMILES string of the molecule is COc1cccc(N2CCC(CNc3ccc([N+](=O)[O-])c(S(C)(=O)=O)c3)C2)c1. The van der Waals surface area contributed by atoms with Gasteiger partial charge in [0.2, 0.25) is 0 Å². The lowest BCUT2D eigenvalue weighted by Crippen LogP contribution is -2.22. The van der Waals surface area contributed by atoms with Crippen molar-refractivity contribution in [2.45, 2.75) is 11.3 Å². The molecular weight excluding hydrogens is 382 g/mol. The Labute approximate surface area is 164 Å². The quantitative estimate of drug-likeness (QED) is 0.558. The lowest BCUT2D eigenvalue weighted by molar-refractivity contribution is -0.387. The van der Waals surface area contributed by atoms with E-state index in [4.69, 9.17) is 4.74 Å². The predicted molar refractivity (Wildman–Crippen MR) is 108 cm³/mol. The van der Waals surface area contributed by atoms with Gasteiger partial charge in [-0.3, -0.25) is 10.1 Å².